The van der Waals surface area contributed by atoms with Crippen molar-refractivity contribution in [3.63, 3.8) is 0 Å². The largest absolute Gasteiger partial charge is 0.327 e. The molecule has 0 radical (unpaired) electrons. The molecule has 1 aliphatic rings. The number of imidazole rings is 1. The van der Waals surface area contributed by atoms with E-state index in [0.717, 1.165) is 18.9 Å². The van der Waals surface area contributed by atoms with E-state index >= 15 is 0 Å². The molecule has 0 saturated heterocycles. The zero-order valence-electron chi connectivity index (χ0n) is 13.3. The molecular weight excluding hydrogens is 258 g/mol. The Morgan fingerprint density at radius 3 is 2.86 bits per heavy atom. The highest BCUT2D eigenvalue weighted by Crippen LogP contribution is 2.23. The molecule has 0 unspecified atom stereocenters. The van der Waals surface area contributed by atoms with E-state index in [4.69, 9.17) is 0 Å². The van der Waals surface area contributed by atoms with Crippen molar-refractivity contribution in [1.29, 1.82) is 0 Å². The lowest BCUT2D eigenvalue weighted by Gasteiger charge is -2.13. The third-order valence-electron chi connectivity index (χ3n) is 4.33. The van der Waals surface area contributed by atoms with E-state index in [1.54, 1.807) is 11.1 Å². The van der Waals surface area contributed by atoms with Gasteiger partial charge in [-0.15, -0.1) is 0 Å². The minimum absolute atomic E-state index is 0.494. The van der Waals surface area contributed by atoms with Crippen LogP contribution in [0.5, 0.6) is 0 Å². The first-order chi connectivity index (χ1) is 10.1. The first kappa shape index (κ1) is 14.3. The molecule has 1 aliphatic carbocycles. The molecule has 1 aromatic carbocycles. The molecule has 0 aliphatic heterocycles. The van der Waals surface area contributed by atoms with E-state index in [-0.39, 0.29) is 0 Å². The van der Waals surface area contributed by atoms with Crippen LogP contribution in [0.25, 0.3) is 0 Å². The monoisotopic (exact) mass is 283 g/mol. The maximum atomic E-state index is 4.49. The number of benzene rings is 1. The highest BCUT2D eigenvalue weighted by Gasteiger charge is 2.12. The summed E-state index contributed by atoms with van der Waals surface area (Å²) >= 11 is 0. The molecule has 21 heavy (non-hydrogen) atoms. The third-order valence-corrected chi connectivity index (χ3v) is 4.33. The summed E-state index contributed by atoms with van der Waals surface area (Å²) in [5, 5.41) is 3.48. The summed E-state index contributed by atoms with van der Waals surface area (Å²) in [7, 11) is 0. The molecule has 3 nitrogen and oxygen atoms in total. The van der Waals surface area contributed by atoms with Crippen LogP contribution in [-0.2, 0) is 25.9 Å². The molecule has 1 heterocycles. The van der Waals surface area contributed by atoms with Crippen molar-refractivity contribution in [3.05, 3.63) is 52.6 Å². The van der Waals surface area contributed by atoms with E-state index in [2.05, 4.69) is 53.8 Å². The van der Waals surface area contributed by atoms with Crippen molar-refractivity contribution >= 4 is 0 Å². The fraction of sp³-hybridized carbons (Fsp3) is 0.500. The molecule has 0 amide bonds. The Hall–Kier alpha value is -1.61. The van der Waals surface area contributed by atoms with Gasteiger partial charge in [-0.05, 0) is 42.9 Å². The quantitative estimate of drug-likeness (QED) is 0.913. The lowest BCUT2D eigenvalue weighted by Crippen LogP contribution is -2.23. The Balaban J connectivity index is 1.79. The summed E-state index contributed by atoms with van der Waals surface area (Å²) in [5.41, 5.74) is 5.75. The molecular formula is C18H25N3. The first-order valence-corrected chi connectivity index (χ1v) is 7.98. The van der Waals surface area contributed by atoms with Gasteiger partial charge in [0, 0.05) is 25.3 Å². The van der Waals surface area contributed by atoms with Crippen molar-refractivity contribution in [2.24, 2.45) is 0 Å². The van der Waals surface area contributed by atoms with Gasteiger partial charge in [0.05, 0.1) is 5.69 Å². The Morgan fingerprint density at radius 1 is 1.24 bits per heavy atom. The van der Waals surface area contributed by atoms with E-state index in [1.807, 2.05) is 6.20 Å². The topological polar surface area (TPSA) is 29.9 Å². The zero-order valence-corrected chi connectivity index (χ0v) is 13.3. The summed E-state index contributed by atoms with van der Waals surface area (Å²) in [4.78, 5) is 4.49. The van der Waals surface area contributed by atoms with Gasteiger partial charge in [0.25, 0.3) is 0 Å². The van der Waals surface area contributed by atoms with Crippen molar-refractivity contribution < 1.29 is 0 Å². The lowest BCUT2D eigenvalue weighted by atomic mass is 10.1. The Labute approximate surface area is 127 Å². The Kier molecular flexibility index (Phi) is 4.11. The molecule has 1 N–H and O–H groups in total. The number of rotatable bonds is 5. The van der Waals surface area contributed by atoms with E-state index in [9.17, 15) is 0 Å². The second-order valence-electron chi connectivity index (χ2n) is 6.38. The van der Waals surface area contributed by atoms with Crippen LogP contribution in [0.3, 0.4) is 0 Å². The lowest BCUT2D eigenvalue weighted by molar-refractivity contribution is 0.562. The number of fused-ring (bicyclic) bond motifs is 1. The van der Waals surface area contributed by atoms with Crippen LogP contribution in [-0.4, -0.2) is 15.6 Å². The number of nitrogens with one attached hydrogen (secondary N) is 1. The number of hydrogen-bond donors (Lipinski definition) is 1. The van der Waals surface area contributed by atoms with Crippen LogP contribution < -0.4 is 5.32 Å². The second-order valence-corrected chi connectivity index (χ2v) is 6.38. The van der Waals surface area contributed by atoms with E-state index in [0.29, 0.717) is 6.04 Å². The molecule has 3 heteroatoms. The van der Waals surface area contributed by atoms with Crippen LogP contribution in [0, 0.1) is 6.92 Å². The molecule has 0 atom stereocenters. The van der Waals surface area contributed by atoms with Gasteiger partial charge >= 0.3 is 0 Å². The fourth-order valence-electron chi connectivity index (χ4n) is 3.09. The maximum Gasteiger partial charge on any atom is 0.106 e. The van der Waals surface area contributed by atoms with Crippen molar-refractivity contribution in [2.45, 2.75) is 59.2 Å². The summed E-state index contributed by atoms with van der Waals surface area (Å²) in [6.07, 6.45) is 5.81. The highest BCUT2D eigenvalue weighted by atomic mass is 15.1. The van der Waals surface area contributed by atoms with Gasteiger partial charge in [-0.1, -0.05) is 32.0 Å². The molecule has 0 spiro atoms. The Morgan fingerprint density at radius 2 is 2.05 bits per heavy atom. The first-order valence-electron chi connectivity index (χ1n) is 7.98. The van der Waals surface area contributed by atoms with Crippen LogP contribution in [0.15, 0.2) is 24.4 Å². The maximum absolute atomic E-state index is 4.49. The van der Waals surface area contributed by atoms with Crippen LogP contribution in [0.4, 0.5) is 0 Å². The average Bonchev–Trinajstić information content (AvgIpc) is 3.04. The normalized spacial score (nSPS) is 13.9. The zero-order chi connectivity index (χ0) is 14.8. The molecule has 0 saturated carbocycles. The van der Waals surface area contributed by atoms with Crippen molar-refractivity contribution in [1.82, 2.24) is 14.9 Å². The molecule has 1 aromatic heterocycles. The second kappa shape index (κ2) is 6.02. The molecule has 0 fully saturated rings. The molecule has 112 valence electrons. The highest BCUT2D eigenvalue weighted by molar-refractivity contribution is 5.35. The summed E-state index contributed by atoms with van der Waals surface area (Å²) in [6, 6.07) is 7.48. The predicted octanol–water partition coefficient (Wildman–Crippen LogP) is 3.23. The summed E-state index contributed by atoms with van der Waals surface area (Å²) in [6.45, 7) is 8.24. The summed E-state index contributed by atoms with van der Waals surface area (Å²) in [5.74, 6) is 1.09. The average molecular weight is 283 g/mol. The van der Waals surface area contributed by atoms with E-state index < -0.39 is 0 Å². The van der Waals surface area contributed by atoms with Gasteiger partial charge in [0.15, 0.2) is 0 Å². The number of hydrogen-bond acceptors (Lipinski definition) is 2. The standard InChI is InChI=1S/C18H25N3/c1-13(2)19-10-18-11-20-14(3)21(18)12-15-7-8-16-5-4-6-17(16)9-15/h7-9,11,13,19H,4-6,10,12H2,1-3H3. The number of aromatic nitrogens is 2. The van der Waals surface area contributed by atoms with Crippen LogP contribution >= 0.6 is 0 Å². The minimum Gasteiger partial charge on any atom is -0.327 e. The van der Waals surface area contributed by atoms with Gasteiger partial charge in [-0.3, -0.25) is 0 Å². The molecule has 3 rings (SSSR count). The number of nitrogens with zero attached hydrogens (tertiary/aromatic N) is 2. The van der Waals surface area contributed by atoms with Gasteiger partial charge in [-0.2, -0.15) is 0 Å². The van der Waals surface area contributed by atoms with Crippen LogP contribution in [0.1, 0.15) is 48.5 Å². The minimum atomic E-state index is 0.494. The number of aryl methyl sites for hydroxylation is 3. The predicted molar refractivity (Wildman–Crippen MR) is 86.5 cm³/mol. The van der Waals surface area contributed by atoms with Crippen LogP contribution in [0.2, 0.25) is 0 Å². The molecule has 0 bridgehead atoms. The van der Waals surface area contributed by atoms with Gasteiger partial charge < -0.3 is 9.88 Å². The third kappa shape index (κ3) is 3.18. The van der Waals surface area contributed by atoms with E-state index in [1.165, 1.54) is 30.5 Å². The van der Waals surface area contributed by atoms with Gasteiger partial charge in [0.1, 0.15) is 5.82 Å². The smallest absolute Gasteiger partial charge is 0.106 e. The van der Waals surface area contributed by atoms with Gasteiger partial charge in [-0.25, -0.2) is 4.98 Å². The van der Waals surface area contributed by atoms with Crippen molar-refractivity contribution in [2.75, 3.05) is 0 Å². The van der Waals surface area contributed by atoms with Gasteiger partial charge in [0.2, 0.25) is 0 Å². The Bertz CT molecular complexity index is 625. The van der Waals surface area contributed by atoms with Crippen molar-refractivity contribution in [3.8, 4) is 0 Å². The fourth-order valence-corrected chi connectivity index (χ4v) is 3.09. The molecule has 2 aromatic rings. The SMILES string of the molecule is Cc1ncc(CNC(C)C)n1Cc1ccc2c(c1)CCC2. The summed E-state index contributed by atoms with van der Waals surface area (Å²) < 4.78 is 2.33.